The van der Waals surface area contributed by atoms with E-state index in [2.05, 4.69) is 63.4 Å². The van der Waals surface area contributed by atoms with Crippen LogP contribution in [0.2, 0.25) is 0 Å². The van der Waals surface area contributed by atoms with E-state index in [-0.39, 0.29) is 0 Å². The second-order valence-corrected chi connectivity index (χ2v) is 12.0. The average molecular weight is 575 g/mol. The Morgan fingerprint density at radius 2 is 0.810 bits per heavy atom. The van der Waals surface area contributed by atoms with Gasteiger partial charge in [-0.15, -0.1) is 13.2 Å². The van der Waals surface area contributed by atoms with Gasteiger partial charge in [0.1, 0.15) is 11.5 Å². The van der Waals surface area contributed by atoms with Crippen LogP contribution in [-0.4, -0.2) is 13.2 Å². The monoisotopic (exact) mass is 574 g/mol. The largest absolute Gasteiger partial charge is 0.493 e. The Morgan fingerprint density at radius 1 is 0.476 bits per heavy atom. The van der Waals surface area contributed by atoms with Crippen LogP contribution < -0.4 is 9.47 Å². The van der Waals surface area contributed by atoms with E-state index in [1.54, 1.807) is 0 Å². The smallest absolute Gasteiger partial charge is 0.127 e. The first-order chi connectivity index (χ1) is 20.7. The second kappa shape index (κ2) is 24.0. The highest BCUT2D eigenvalue weighted by atomic mass is 16.5. The van der Waals surface area contributed by atoms with E-state index in [0.29, 0.717) is 0 Å². The van der Waals surface area contributed by atoms with Crippen LogP contribution in [0.4, 0.5) is 0 Å². The molecule has 0 amide bonds. The summed E-state index contributed by atoms with van der Waals surface area (Å²) in [6.45, 7) is 14.0. The van der Waals surface area contributed by atoms with Crippen molar-refractivity contribution in [2.45, 2.75) is 142 Å². The van der Waals surface area contributed by atoms with Gasteiger partial charge >= 0.3 is 0 Å². The molecule has 234 valence electrons. The van der Waals surface area contributed by atoms with Gasteiger partial charge in [0.15, 0.2) is 0 Å². The third kappa shape index (κ3) is 15.1. The first-order valence-electron chi connectivity index (χ1n) is 17.5. The number of ether oxygens (including phenoxy) is 2. The molecule has 0 heterocycles. The summed E-state index contributed by atoms with van der Waals surface area (Å²) in [5, 5.41) is 0. The summed E-state index contributed by atoms with van der Waals surface area (Å²) >= 11 is 0. The molecule has 2 heteroatoms. The zero-order chi connectivity index (χ0) is 30.1. The Kier molecular flexibility index (Phi) is 20.4. The van der Waals surface area contributed by atoms with Crippen molar-refractivity contribution >= 4 is 0 Å². The lowest BCUT2D eigenvalue weighted by atomic mass is 9.97. The van der Waals surface area contributed by atoms with E-state index in [9.17, 15) is 0 Å². The summed E-state index contributed by atoms with van der Waals surface area (Å²) in [5.41, 5.74) is 4.74. The number of allylic oxidation sites excluding steroid dienone is 2. The molecule has 0 N–H and O–H groups in total. The molecule has 0 saturated carbocycles. The van der Waals surface area contributed by atoms with E-state index in [0.717, 1.165) is 61.5 Å². The third-order valence-corrected chi connectivity index (χ3v) is 8.15. The highest BCUT2D eigenvalue weighted by Gasteiger charge is 2.14. The molecule has 0 saturated heterocycles. The third-order valence-electron chi connectivity index (χ3n) is 8.15. The van der Waals surface area contributed by atoms with Gasteiger partial charge in [-0.1, -0.05) is 141 Å². The van der Waals surface area contributed by atoms with Gasteiger partial charge in [0.25, 0.3) is 0 Å². The predicted octanol–water partition coefficient (Wildman–Crippen LogP) is 12.6. The van der Waals surface area contributed by atoms with E-state index >= 15 is 0 Å². The fourth-order valence-electron chi connectivity index (χ4n) is 5.60. The van der Waals surface area contributed by atoms with Gasteiger partial charge in [-0.2, -0.15) is 0 Å². The van der Waals surface area contributed by atoms with Gasteiger partial charge in [-0.3, -0.25) is 0 Å². The first-order valence-corrected chi connectivity index (χ1v) is 17.5. The van der Waals surface area contributed by atoms with E-state index in [4.69, 9.17) is 9.47 Å². The van der Waals surface area contributed by atoms with Gasteiger partial charge in [0.05, 0.1) is 13.2 Å². The molecule has 0 spiro atoms. The minimum atomic E-state index is 0.755. The van der Waals surface area contributed by atoms with Crippen LogP contribution in [0.5, 0.6) is 11.5 Å². The van der Waals surface area contributed by atoms with Crippen molar-refractivity contribution in [3.8, 4) is 22.6 Å². The Balaban J connectivity index is 2.00. The lowest BCUT2D eigenvalue weighted by Gasteiger charge is -2.18. The number of unbranched alkanes of at least 4 members (excludes halogenated alkanes) is 16. The molecule has 0 aliphatic heterocycles. The summed E-state index contributed by atoms with van der Waals surface area (Å²) in [5.74, 6) is 1.90. The van der Waals surface area contributed by atoms with Gasteiger partial charge < -0.3 is 9.47 Å². The average Bonchev–Trinajstić information content (AvgIpc) is 3.00. The Hall–Kier alpha value is -2.48. The summed E-state index contributed by atoms with van der Waals surface area (Å²) in [6, 6.07) is 13.2. The summed E-state index contributed by atoms with van der Waals surface area (Å²) < 4.78 is 12.9. The standard InChI is InChI=1S/C40H62O2/c1-5-9-11-13-15-17-19-21-23-31-41-39-29-27-35(25-7-3)33-37(39)38-34-36(26-8-4)28-30-40(38)42-32-24-22-20-18-16-14-12-10-6-2/h7-8,27-30,33-34H,3-6,9-26,31-32H2,1-2H3. The Labute approximate surface area is 260 Å². The maximum absolute atomic E-state index is 6.44. The second-order valence-electron chi connectivity index (χ2n) is 12.0. The quantitative estimate of drug-likeness (QED) is 0.0780. The molecule has 42 heavy (non-hydrogen) atoms. The van der Waals surface area contributed by atoms with Crippen molar-refractivity contribution in [2.24, 2.45) is 0 Å². The van der Waals surface area contributed by atoms with Crippen LogP contribution >= 0.6 is 0 Å². The molecule has 2 rings (SSSR count). The summed E-state index contributed by atoms with van der Waals surface area (Å²) in [4.78, 5) is 0. The first kappa shape index (κ1) is 35.7. The molecule has 0 bridgehead atoms. The van der Waals surface area contributed by atoms with Crippen molar-refractivity contribution in [2.75, 3.05) is 13.2 Å². The molecule has 0 unspecified atom stereocenters. The number of hydrogen-bond donors (Lipinski definition) is 0. The van der Waals surface area contributed by atoms with Crippen LogP contribution in [-0.2, 0) is 12.8 Å². The highest BCUT2D eigenvalue weighted by molar-refractivity contribution is 5.77. The van der Waals surface area contributed by atoms with Crippen molar-refractivity contribution in [3.63, 3.8) is 0 Å². The number of benzene rings is 2. The fourth-order valence-corrected chi connectivity index (χ4v) is 5.60. The highest BCUT2D eigenvalue weighted by Crippen LogP contribution is 2.38. The van der Waals surface area contributed by atoms with E-state index in [1.165, 1.54) is 114 Å². The fraction of sp³-hybridized carbons (Fsp3) is 0.600. The topological polar surface area (TPSA) is 18.5 Å². The van der Waals surface area contributed by atoms with Crippen LogP contribution in [0, 0.1) is 0 Å². The Bertz CT molecular complexity index is 896. The van der Waals surface area contributed by atoms with Crippen LogP contribution in [0.3, 0.4) is 0 Å². The molecular weight excluding hydrogens is 512 g/mol. The molecular formula is C40H62O2. The maximum atomic E-state index is 6.44. The van der Waals surface area contributed by atoms with Crippen molar-refractivity contribution in [3.05, 3.63) is 72.8 Å². The molecule has 2 nitrogen and oxygen atoms in total. The lowest BCUT2D eigenvalue weighted by molar-refractivity contribution is 0.301. The summed E-state index contributed by atoms with van der Waals surface area (Å²) in [7, 11) is 0. The van der Waals surface area contributed by atoms with Crippen molar-refractivity contribution in [1.29, 1.82) is 0 Å². The molecule has 0 atom stereocenters. The minimum absolute atomic E-state index is 0.755. The summed E-state index contributed by atoms with van der Waals surface area (Å²) in [6.07, 6.45) is 29.3. The maximum Gasteiger partial charge on any atom is 0.127 e. The molecule has 2 aromatic rings. The molecule has 0 aliphatic carbocycles. The zero-order valence-corrected chi connectivity index (χ0v) is 27.4. The molecule has 0 aliphatic rings. The normalized spacial score (nSPS) is 11.0. The predicted molar refractivity (Wildman–Crippen MR) is 185 cm³/mol. The lowest BCUT2D eigenvalue weighted by Crippen LogP contribution is -2.03. The van der Waals surface area contributed by atoms with Crippen molar-refractivity contribution < 1.29 is 9.47 Å². The molecule has 0 radical (unpaired) electrons. The number of hydrogen-bond acceptors (Lipinski definition) is 2. The molecule has 2 aromatic carbocycles. The number of rotatable bonds is 27. The molecule has 0 aromatic heterocycles. The van der Waals surface area contributed by atoms with Gasteiger partial charge in [0.2, 0.25) is 0 Å². The van der Waals surface area contributed by atoms with Gasteiger partial charge in [-0.05, 0) is 61.1 Å². The molecule has 0 fully saturated rings. The Morgan fingerprint density at radius 3 is 1.14 bits per heavy atom. The van der Waals surface area contributed by atoms with E-state index < -0.39 is 0 Å². The van der Waals surface area contributed by atoms with Gasteiger partial charge in [0, 0.05) is 11.1 Å². The minimum Gasteiger partial charge on any atom is -0.493 e. The van der Waals surface area contributed by atoms with Crippen molar-refractivity contribution in [1.82, 2.24) is 0 Å². The van der Waals surface area contributed by atoms with Gasteiger partial charge in [-0.25, -0.2) is 0 Å². The zero-order valence-electron chi connectivity index (χ0n) is 27.4. The van der Waals surface area contributed by atoms with E-state index in [1.807, 2.05) is 12.2 Å². The van der Waals surface area contributed by atoms with Crippen LogP contribution in [0.25, 0.3) is 11.1 Å². The van der Waals surface area contributed by atoms with Crippen LogP contribution in [0.1, 0.15) is 141 Å². The SMILES string of the molecule is C=CCc1ccc(OCCCCCCCCCCC)c(-c2cc(CC=C)ccc2OCCCCCCCCCCC)c1. The van der Waals surface area contributed by atoms with Crippen LogP contribution in [0.15, 0.2) is 61.7 Å².